The van der Waals surface area contributed by atoms with E-state index in [4.69, 9.17) is 14.2 Å². The minimum atomic E-state index is -0.312. The zero-order valence-corrected chi connectivity index (χ0v) is 21.4. The first-order valence-electron chi connectivity index (χ1n) is 13.8. The van der Waals surface area contributed by atoms with E-state index in [-0.39, 0.29) is 23.3 Å². The van der Waals surface area contributed by atoms with Gasteiger partial charge in [0.05, 0.1) is 12.7 Å². The molecule has 4 aliphatic carbocycles. The van der Waals surface area contributed by atoms with Gasteiger partial charge in [0, 0.05) is 25.7 Å². The molecule has 0 bridgehead atoms. The van der Waals surface area contributed by atoms with Gasteiger partial charge in [-0.05, 0) is 85.4 Å². The largest absolute Gasteiger partial charge is 0.462 e. The van der Waals surface area contributed by atoms with Crippen molar-refractivity contribution in [2.24, 2.45) is 46.3 Å². The summed E-state index contributed by atoms with van der Waals surface area (Å²) < 4.78 is 19.0. The molecule has 0 radical (unpaired) electrons. The molecule has 2 heterocycles. The van der Waals surface area contributed by atoms with Gasteiger partial charge in [-0.15, -0.1) is 0 Å². The topological polar surface area (TPSA) is 44.8 Å². The molecule has 6 aliphatic rings. The third-order valence-corrected chi connectivity index (χ3v) is 11.7. The number of fused-ring (bicyclic) bond motifs is 7. The molecule has 4 nitrogen and oxygen atoms in total. The predicted molar refractivity (Wildman–Crippen MR) is 127 cm³/mol. The Morgan fingerprint density at radius 2 is 1.91 bits per heavy atom. The van der Waals surface area contributed by atoms with E-state index in [1.54, 1.807) is 12.5 Å². The second-order valence-corrected chi connectivity index (χ2v) is 13.3. The minimum absolute atomic E-state index is 0.0849. The second kappa shape index (κ2) is 7.56. The molecule has 0 aromatic carbocycles. The van der Waals surface area contributed by atoms with Gasteiger partial charge in [-0.2, -0.15) is 0 Å². The Morgan fingerprint density at radius 3 is 2.64 bits per heavy atom. The Kier molecular flexibility index (Phi) is 5.18. The first kappa shape index (κ1) is 22.6. The molecule has 0 N–H and O–H groups in total. The number of carbonyl (C=O) groups is 1. The van der Waals surface area contributed by atoms with Crippen molar-refractivity contribution in [2.75, 3.05) is 6.61 Å². The molecule has 3 saturated carbocycles. The van der Waals surface area contributed by atoms with Crippen molar-refractivity contribution >= 4 is 5.97 Å². The van der Waals surface area contributed by atoms with Crippen molar-refractivity contribution in [1.82, 2.24) is 0 Å². The Labute approximate surface area is 200 Å². The van der Waals surface area contributed by atoms with E-state index in [9.17, 15) is 4.79 Å². The van der Waals surface area contributed by atoms with Crippen molar-refractivity contribution in [3.05, 3.63) is 11.6 Å². The van der Waals surface area contributed by atoms with Crippen LogP contribution in [0.1, 0.15) is 92.4 Å². The molecule has 0 unspecified atom stereocenters. The van der Waals surface area contributed by atoms with E-state index < -0.39 is 0 Å². The third kappa shape index (κ3) is 3.18. The summed E-state index contributed by atoms with van der Waals surface area (Å²) in [7, 11) is 0. The van der Waals surface area contributed by atoms with Gasteiger partial charge < -0.3 is 14.2 Å². The summed E-state index contributed by atoms with van der Waals surface area (Å²) in [6, 6.07) is 0. The average Bonchev–Trinajstić information content (AvgIpc) is 3.21. The molecule has 2 saturated heterocycles. The summed E-state index contributed by atoms with van der Waals surface area (Å²) in [5, 5.41) is 0. The molecule has 0 aromatic heterocycles. The lowest BCUT2D eigenvalue weighted by Crippen LogP contribution is -2.52. The number of ether oxygens (including phenoxy) is 3. The molecule has 1 spiro atoms. The highest BCUT2D eigenvalue weighted by Crippen LogP contribution is 2.70. The molecular weight excluding hydrogens is 412 g/mol. The fourth-order valence-corrected chi connectivity index (χ4v) is 9.98. The van der Waals surface area contributed by atoms with Gasteiger partial charge in [0.2, 0.25) is 0 Å². The van der Waals surface area contributed by atoms with Gasteiger partial charge in [-0.3, -0.25) is 4.79 Å². The Hall–Kier alpha value is -0.870. The Morgan fingerprint density at radius 1 is 1.09 bits per heavy atom. The summed E-state index contributed by atoms with van der Waals surface area (Å²) in [5.74, 6) is 3.64. The van der Waals surface area contributed by atoms with Gasteiger partial charge in [0.1, 0.15) is 6.10 Å². The molecular formula is C29H44O4. The van der Waals surface area contributed by atoms with Gasteiger partial charge in [0.25, 0.3) is 0 Å². The molecule has 33 heavy (non-hydrogen) atoms. The van der Waals surface area contributed by atoms with Crippen LogP contribution in [0.15, 0.2) is 11.6 Å². The third-order valence-electron chi connectivity index (χ3n) is 11.7. The summed E-state index contributed by atoms with van der Waals surface area (Å²) >= 11 is 0. The highest BCUT2D eigenvalue weighted by Gasteiger charge is 2.68. The molecule has 0 amide bonds. The Balaban J connectivity index is 1.24. The summed E-state index contributed by atoms with van der Waals surface area (Å²) in [4.78, 5) is 11.5. The van der Waals surface area contributed by atoms with Crippen LogP contribution in [0.3, 0.4) is 0 Å². The fraction of sp³-hybridized carbons (Fsp3) is 0.897. The minimum Gasteiger partial charge on any atom is -0.462 e. The van der Waals surface area contributed by atoms with Crippen LogP contribution in [-0.2, 0) is 19.0 Å². The van der Waals surface area contributed by atoms with E-state index in [0.29, 0.717) is 29.3 Å². The van der Waals surface area contributed by atoms with Gasteiger partial charge in [0.15, 0.2) is 5.79 Å². The van der Waals surface area contributed by atoms with Crippen molar-refractivity contribution in [1.29, 1.82) is 0 Å². The van der Waals surface area contributed by atoms with Crippen molar-refractivity contribution in [3.8, 4) is 0 Å². The highest BCUT2D eigenvalue weighted by atomic mass is 16.7. The van der Waals surface area contributed by atoms with Gasteiger partial charge >= 0.3 is 5.97 Å². The van der Waals surface area contributed by atoms with Crippen LogP contribution >= 0.6 is 0 Å². The Bertz CT molecular complexity index is 841. The maximum absolute atomic E-state index is 11.5. The molecule has 0 aromatic rings. The van der Waals surface area contributed by atoms with Crippen LogP contribution in [-0.4, -0.2) is 30.6 Å². The molecule has 184 valence electrons. The summed E-state index contributed by atoms with van der Waals surface area (Å²) in [6.45, 7) is 12.3. The number of carbonyl (C=O) groups excluding carboxylic acids is 1. The van der Waals surface area contributed by atoms with E-state index in [1.165, 1.54) is 32.1 Å². The van der Waals surface area contributed by atoms with Crippen LogP contribution < -0.4 is 0 Å². The van der Waals surface area contributed by atoms with Gasteiger partial charge in [-0.1, -0.05) is 39.3 Å². The molecule has 5 fully saturated rings. The zero-order valence-electron chi connectivity index (χ0n) is 21.4. The lowest BCUT2D eigenvalue weighted by Gasteiger charge is -2.58. The van der Waals surface area contributed by atoms with Gasteiger partial charge in [-0.25, -0.2) is 0 Å². The van der Waals surface area contributed by atoms with Crippen LogP contribution in [0.5, 0.6) is 0 Å². The standard InChI is InChI=1S/C29H44O4/c1-17-8-13-29(31-16-17)18(2)26-25(33-29)15-24-22-7-6-20-14-21(32-19(3)30)9-11-27(20,4)23(22)10-12-28(24,26)5/h6,17-18,21-26H,7-16H2,1-5H3/t17-,18+,21-,22-,23-,24-,25+,26+,27+,28+,29-/m1/s1. The maximum atomic E-state index is 11.5. The maximum Gasteiger partial charge on any atom is 0.302 e. The van der Waals surface area contributed by atoms with E-state index in [0.717, 1.165) is 50.0 Å². The first-order valence-corrected chi connectivity index (χ1v) is 13.8. The van der Waals surface area contributed by atoms with E-state index in [1.807, 2.05) is 0 Å². The van der Waals surface area contributed by atoms with Crippen molar-refractivity contribution in [2.45, 2.75) is 110 Å². The monoisotopic (exact) mass is 456 g/mol. The van der Waals surface area contributed by atoms with Crippen LogP contribution in [0.4, 0.5) is 0 Å². The SMILES string of the molecule is CC(=O)O[C@@H]1CC[C@@]2(C)C(=CC[C@H]3[C@H]4C[C@@H]5O[C@]6(CC[C@@H](C)CO6)[C@@H](C)[C@@H]5[C@@]4(C)CC[C@H]32)C1. The number of allylic oxidation sites excluding steroid dienone is 1. The predicted octanol–water partition coefficient (Wildman–Crippen LogP) is 6.28. The zero-order chi connectivity index (χ0) is 23.2. The fourth-order valence-electron chi connectivity index (χ4n) is 9.98. The number of esters is 1. The molecule has 2 aliphatic heterocycles. The molecule has 6 rings (SSSR count). The van der Waals surface area contributed by atoms with E-state index in [2.05, 4.69) is 33.8 Å². The summed E-state index contributed by atoms with van der Waals surface area (Å²) in [5.41, 5.74) is 2.24. The normalized spacial score (nSPS) is 55.2. The van der Waals surface area contributed by atoms with Crippen molar-refractivity contribution in [3.63, 3.8) is 0 Å². The number of hydrogen-bond acceptors (Lipinski definition) is 4. The summed E-state index contributed by atoms with van der Waals surface area (Å²) in [6.07, 6.45) is 13.6. The lowest BCUT2D eigenvalue weighted by atomic mass is 9.47. The molecule has 11 atom stereocenters. The van der Waals surface area contributed by atoms with Crippen LogP contribution in [0.2, 0.25) is 0 Å². The number of rotatable bonds is 1. The molecule has 4 heteroatoms. The lowest BCUT2D eigenvalue weighted by molar-refractivity contribution is -0.272. The second-order valence-electron chi connectivity index (χ2n) is 13.3. The number of hydrogen-bond donors (Lipinski definition) is 0. The van der Waals surface area contributed by atoms with Crippen molar-refractivity contribution < 1.29 is 19.0 Å². The van der Waals surface area contributed by atoms with Crippen LogP contribution in [0, 0.1) is 46.3 Å². The smallest absolute Gasteiger partial charge is 0.302 e. The quantitative estimate of drug-likeness (QED) is 0.344. The van der Waals surface area contributed by atoms with E-state index >= 15 is 0 Å². The van der Waals surface area contributed by atoms with Crippen LogP contribution in [0.25, 0.3) is 0 Å². The average molecular weight is 457 g/mol. The highest BCUT2D eigenvalue weighted by molar-refractivity contribution is 5.66. The first-order chi connectivity index (χ1) is 15.7.